The van der Waals surface area contributed by atoms with E-state index in [1.807, 2.05) is 24.3 Å². The molecule has 0 aliphatic heterocycles. The molecule has 0 atom stereocenters. The molecular weight excluding hydrogens is 292 g/mol. The first-order valence-electron chi connectivity index (χ1n) is 5.47. The van der Waals surface area contributed by atoms with Crippen LogP contribution in [0.5, 0.6) is 0 Å². The second kappa shape index (κ2) is 5.23. The predicted octanol–water partition coefficient (Wildman–Crippen LogP) is 3.31. The maximum absolute atomic E-state index is 12.3. The van der Waals surface area contributed by atoms with Gasteiger partial charge < -0.3 is 10.6 Å². The lowest BCUT2D eigenvalue weighted by Gasteiger charge is -2.18. The van der Waals surface area contributed by atoms with Crippen molar-refractivity contribution in [1.29, 1.82) is 0 Å². The zero-order valence-corrected chi connectivity index (χ0v) is 11.5. The van der Waals surface area contributed by atoms with E-state index in [0.29, 0.717) is 11.3 Å². The molecule has 4 heteroatoms. The molecule has 0 spiro atoms. The Morgan fingerprint density at radius 1 is 1.11 bits per heavy atom. The third-order valence-corrected chi connectivity index (χ3v) is 3.35. The third-order valence-electron chi connectivity index (χ3n) is 2.68. The van der Waals surface area contributed by atoms with Gasteiger partial charge in [-0.1, -0.05) is 12.1 Å². The Morgan fingerprint density at radius 2 is 1.72 bits per heavy atom. The Hall–Kier alpha value is -1.81. The summed E-state index contributed by atoms with van der Waals surface area (Å²) in [4.78, 5) is 13.9. The van der Waals surface area contributed by atoms with Crippen molar-refractivity contribution in [3.63, 3.8) is 0 Å². The van der Waals surface area contributed by atoms with Crippen LogP contribution in [0.1, 0.15) is 10.4 Å². The first kappa shape index (κ1) is 12.6. The van der Waals surface area contributed by atoms with Gasteiger partial charge in [0.05, 0.1) is 5.69 Å². The van der Waals surface area contributed by atoms with E-state index < -0.39 is 0 Å². The molecule has 0 aromatic heterocycles. The van der Waals surface area contributed by atoms with Crippen LogP contribution in [0.3, 0.4) is 0 Å². The van der Waals surface area contributed by atoms with Crippen LogP contribution < -0.4 is 10.6 Å². The number of hydrogen-bond acceptors (Lipinski definition) is 2. The van der Waals surface area contributed by atoms with Crippen LogP contribution in [-0.4, -0.2) is 13.0 Å². The molecule has 0 aliphatic carbocycles. The van der Waals surface area contributed by atoms with E-state index in [2.05, 4.69) is 15.9 Å². The number of amides is 1. The number of nitrogens with two attached hydrogens (primary N) is 1. The Bertz CT molecular complexity index is 566. The highest BCUT2D eigenvalue weighted by Gasteiger charge is 2.14. The molecule has 2 aromatic rings. The molecule has 3 nitrogen and oxygen atoms in total. The summed E-state index contributed by atoms with van der Waals surface area (Å²) in [6.07, 6.45) is 0. The summed E-state index contributed by atoms with van der Waals surface area (Å²) in [5, 5.41) is 0. The molecular formula is C14H13BrN2O. The summed E-state index contributed by atoms with van der Waals surface area (Å²) >= 11 is 3.44. The second-order valence-corrected chi connectivity index (χ2v) is 4.79. The van der Waals surface area contributed by atoms with Crippen LogP contribution in [0, 0.1) is 0 Å². The van der Waals surface area contributed by atoms with Gasteiger partial charge in [-0.2, -0.15) is 0 Å². The van der Waals surface area contributed by atoms with Gasteiger partial charge in [0.1, 0.15) is 0 Å². The smallest absolute Gasteiger partial charge is 0.258 e. The highest BCUT2D eigenvalue weighted by molar-refractivity contribution is 9.10. The summed E-state index contributed by atoms with van der Waals surface area (Å²) in [7, 11) is 1.75. The maximum atomic E-state index is 12.3. The summed E-state index contributed by atoms with van der Waals surface area (Å²) in [5.41, 5.74) is 7.70. The van der Waals surface area contributed by atoms with E-state index >= 15 is 0 Å². The van der Waals surface area contributed by atoms with Crippen LogP contribution in [0.25, 0.3) is 0 Å². The number of carbonyl (C=O) groups is 1. The van der Waals surface area contributed by atoms with E-state index in [0.717, 1.165) is 10.2 Å². The van der Waals surface area contributed by atoms with Gasteiger partial charge >= 0.3 is 0 Å². The number of hydrogen-bond donors (Lipinski definition) is 1. The number of anilines is 2. The molecule has 2 rings (SSSR count). The molecule has 0 heterocycles. The Labute approximate surface area is 114 Å². The molecule has 0 bridgehead atoms. The van der Waals surface area contributed by atoms with Gasteiger partial charge in [-0.15, -0.1) is 0 Å². The number of carbonyl (C=O) groups excluding carboxylic acids is 1. The lowest BCUT2D eigenvalue weighted by atomic mass is 10.1. The number of rotatable bonds is 2. The molecule has 1 amide bonds. The molecule has 0 aliphatic rings. The zero-order chi connectivity index (χ0) is 13.1. The van der Waals surface area contributed by atoms with E-state index in [4.69, 9.17) is 5.73 Å². The topological polar surface area (TPSA) is 46.3 Å². The Morgan fingerprint density at radius 3 is 2.33 bits per heavy atom. The van der Waals surface area contributed by atoms with Crippen molar-refractivity contribution in [3.8, 4) is 0 Å². The zero-order valence-electron chi connectivity index (χ0n) is 9.93. The van der Waals surface area contributed by atoms with Crippen LogP contribution in [0.2, 0.25) is 0 Å². The molecule has 0 saturated heterocycles. The van der Waals surface area contributed by atoms with E-state index in [1.165, 1.54) is 0 Å². The number of nitrogens with zero attached hydrogens (tertiary/aromatic N) is 1. The number of halogens is 1. The van der Waals surface area contributed by atoms with Crippen molar-refractivity contribution in [2.45, 2.75) is 0 Å². The summed E-state index contributed by atoms with van der Waals surface area (Å²) in [5.74, 6) is -0.0677. The van der Waals surface area contributed by atoms with E-state index in [-0.39, 0.29) is 5.91 Å². The van der Waals surface area contributed by atoms with Crippen molar-refractivity contribution < 1.29 is 4.79 Å². The number of nitrogen functional groups attached to an aromatic ring is 1. The molecule has 2 N–H and O–H groups in total. The highest BCUT2D eigenvalue weighted by atomic mass is 79.9. The molecule has 2 aromatic carbocycles. The normalized spacial score (nSPS) is 10.1. The van der Waals surface area contributed by atoms with Gasteiger partial charge in [-0.3, -0.25) is 4.79 Å². The first-order chi connectivity index (χ1) is 8.59. The molecule has 0 saturated carbocycles. The summed E-state index contributed by atoms with van der Waals surface area (Å²) in [6, 6.07) is 14.5. The molecule has 92 valence electrons. The van der Waals surface area contributed by atoms with Crippen molar-refractivity contribution >= 4 is 33.2 Å². The van der Waals surface area contributed by atoms with Crippen LogP contribution in [-0.2, 0) is 0 Å². The van der Waals surface area contributed by atoms with Crippen LogP contribution in [0.15, 0.2) is 53.0 Å². The molecule has 18 heavy (non-hydrogen) atoms. The maximum Gasteiger partial charge on any atom is 0.258 e. The van der Waals surface area contributed by atoms with Crippen molar-refractivity contribution in [2.24, 2.45) is 0 Å². The fourth-order valence-corrected chi connectivity index (χ4v) is 2.20. The second-order valence-electron chi connectivity index (χ2n) is 3.94. The van der Waals surface area contributed by atoms with Gasteiger partial charge in [0.25, 0.3) is 5.91 Å². The Kier molecular flexibility index (Phi) is 3.67. The monoisotopic (exact) mass is 304 g/mol. The highest BCUT2D eigenvalue weighted by Crippen LogP contribution is 2.25. The minimum Gasteiger partial charge on any atom is -0.399 e. The van der Waals surface area contributed by atoms with E-state index in [1.54, 1.807) is 36.2 Å². The first-order valence-corrected chi connectivity index (χ1v) is 6.27. The van der Waals surface area contributed by atoms with Crippen LogP contribution in [0.4, 0.5) is 11.4 Å². The molecule has 0 unspecified atom stereocenters. The van der Waals surface area contributed by atoms with Crippen molar-refractivity contribution in [2.75, 3.05) is 17.7 Å². The number of benzene rings is 2. The standard InChI is InChI=1S/C14H13BrN2O/c1-17(13-5-3-2-4-12(13)15)14(18)10-6-8-11(16)9-7-10/h2-9H,16H2,1H3. The molecule has 0 fully saturated rings. The largest absolute Gasteiger partial charge is 0.399 e. The SMILES string of the molecule is CN(C(=O)c1ccc(N)cc1)c1ccccc1Br. The third kappa shape index (κ3) is 2.54. The minimum atomic E-state index is -0.0677. The van der Waals surface area contributed by atoms with Gasteiger partial charge in [0.15, 0.2) is 0 Å². The average Bonchev–Trinajstić information content (AvgIpc) is 2.38. The van der Waals surface area contributed by atoms with Crippen LogP contribution >= 0.6 is 15.9 Å². The summed E-state index contributed by atoms with van der Waals surface area (Å²) in [6.45, 7) is 0. The molecule has 0 radical (unpaired) electrons. The van der Waals surface area contributed by atoms with E-state index in [9.17, 15) is 4.79 Å². The lowest BCUT2D eigenvalue weighted by Crippen LogP contribution is -2.26. The fraction of sp³-hybridized carbons (Fsp3) is 0.0714. The van der Waals surface area contributed by atoms with Gasteiger partial charge in [0.2, 0.25) is 0 Å². The quantitative estimate of drug-likeness (QED) is 0.865. The van der Waals surface area contributed by atoms with Gasteiger partial charge in [0, 0.05) is 22.8 Å². The fourth-order valence-electron chi connectivity index (χ4n) is 1.65. The van der Waals surface area contributed by atoms with Gasteiger partial charge in [-0.05, 0) is 52.3 Å². The average molecular weight is 305 g/mol. The predicted molar refractivity (Wildman–Crippen MR) is 77.7 cm³/mol. The van der Waals surface area contributed by atoms with Crippen molar-refractivity contribution in [1.82, 2.24) is 0 Å². The lowest BCUT2D eigenvalue weighted by molar-refractivity contribution is 0.0993. The van der Waals surface area contributed by atoms with Gasteiger partial charge in [-0.25, -0.2) is 0 Å². The number of para-hydroxylation sites is 1. The minimum absolute atomic E-state index is 0.0677. The Balaban J connectivity index is 2.29. The van der Waals surface area contributed by atoms with Crippen molar-refractivity contribution in [3.05, 3.63) is 58.6 Å². The summed E-state index contributed by atoms with van der Waals surface area (Å²) < 4.78 is 0.885.